The molecule has 2 rings (SSSR count). The molecule has 1 fully saturated rings. The van der Waals surface area contributed by atoms with Crippen LogP contribution >= 0.6 is 0 Å². The molecule has 0 radical (unpaired) electrons. The molecule has 0 amide bonds. The molecule has 0 heterocycles. The smallest absolute Gasteiger partial charge is 0.338 e. The average Bonchev–Trinajstić information content (AvgIpc) is 2.54. The Morgan fingerprint density at radius 1 is 1.21 bits per heavy atom. The van der Waals surface area contributed by atoms with Gasteiger partial charge in [-0.15, -0.1) is 0 Å². The van der Waals surface area contributed by atoms with Crippen molar-refractivity contribution in [3.05, 3.63) is 23.8 Å². The van der Waals surface area contributed by atoms with Crippen molar-refractivity contribution in [3.63, 3.8) is 0 Å². The maximum atomic E-state index is 12.4. The molecule has 0 bridgehead atoms. The van der Waals surface area contributed by atoms with Gasteiger partial charge < -0.3 is 9.47 Å². The number of sulfonamides is 1. The molecule has 1 N–H and O–H groups in total. The Morgan fingerprint density at radius 2 is 1.88 bits per heavy atom. The number of carbonyl (C=O) groups is 1. The maximum absolute atomic E-state index is 12.4. The van der Waals surface area contributed by atoms with Crippen LogP contribution in [0.3, 0.4) is 0 Å². The second-order valence-corrected chi connectivity index (χ2v) is 7.99. The predicted octanol–water partition coefficient (Wildman–Crippen LogP) is 2.87. The van der Waals surface area contributed by atoms with Crippen molar-refractivity contribution >= 4 is 16.0 Å². The molecular weight excluding hydrogens is 330 g/mol. The zero-order valence-electron chi connectivity index (χ0n) is 14.4. The van der Waals surface area contributed by atoms with Gasteiger partial charge in [0, 0.05) is 6.04 Å². The highest BCUT2D eigenvalue weighted by Crippen LogP contribution is 2.27. The van der Waals surface area contributed by atoms with E-state index in [4.69, 9.17) is 9.47 Å². The molecule has 0 spiro atoms. The first-order valence-corrected chi connectivity index (χ1v) is 9.73. The van der Waals surface area contributed by atoms with Gasteiger partial charge in [-0.1, -0.05) is 6.42 Å². The summed E-state index contributed by atoms with van der Waals surface area (Å²) in [5.74, 6) is -0.303. The Kier molecular flexibility index (Phi) is 6.23. The van der Waals surface area contributed by atoms with E-state index in [1.54, 1.807) is 13.8 Å². The lowest BCUT2D eigenvalue weighted by molar-refractivity contribution is 0.0211. The predicted molar refractivity (Wildman–Crippen MR) is 90.7 cm³/mol. The topological polar surface area (TPSA) is 81.7 Å². The van der Waals surface area contributed by atoms with E-state index in [0.717, 1.165) is 25.7 Å². The van der Waals surface area contributed by atoms with Crippen molar-refractivity contribution in [2.45, 2.75) is 63.0 Å². The average molecular weight is 355 g/mol. The van der Waals surface area contributed by atoms with Crippen molar-refractivity contribution in [3.8, 4) is 5.75 Å². The number of hydrogen-bond donors (Lipinski definition) is 1. The van der Waals surface area contributed by atoms with Gasteiger partial charge in [-0.05, 0) is 57.7 Å². The fraction of sp³-hybridized carbons (Fsp3) is 0.588. The molecule has 7 heteroatoms. The number of nitrogens with one attached hydrogen (secondary N) is 1. The highest BCUT2D eigenvalue weighted by Gasteiger charge is 2.24. The van der Waals surface area contributed by atoms with Gasteiger partial charge in [0.1, 0.15) is 16.7 Å². The molecule has 134 valence electrons. The van der Waals surface area contributed by atoms with Crippen LogP contribution in [0.5, 0.6) is 5.75 Å². The third kappa shape index (κ3) is 4.70. The number of esters is 1. The number of methoxy groups -OCH3 is 1. The van der Waals surface area contributed by atoms with Crippen LogP contribution in [0.1, 0.15) is 56.3 Å². The lowest BCUT2D eigenvalue weighted by Gasteiger charge is -2.22. The first-order chi connectivity index (χ1) is 11.3. The Labute approximate surface area is 143 Å². The molecule has 1 aliphatic carbocycles. The minimum absolute atomic E-state index is 0.0585. The normalized spacial score (nSPS) is 16.2. The zero-order chi connectivity index (χ0) is 17.7. The summed E-state index contributed by atoms with van der Waals surface area (Å²) in [6, 6.07) is 4.05. The zero-order valence-corrected chi connectivity index (χ0v) is 15.2. The molecular formula is C17H25NO5S. The van der Waals surface area contributed by atoms with Crippen LogP contribution in [0.2, 0.25) is 0 Å². The Hall–Kier alpha value is -1.60. The second kappa shape index (κ2) is 7.98. The third-order valence-corrected chi connectivity index (χ3v) is 5.59. The van der Waals surface area contributed by atoms with Gasteiger partial charge in [0.2, 0.25) is 10.0 Å². The van der Waals surface area contributed by atoms with Gasteiger partial charge in [-0.25, -0.2) is 17.9 Å². The molecule has 0 aliphatic heterocycles. The molecule has 6 nitrogen and oxygen atoms in total. The van der Waals surface area contributed by atoms with E-state index < -0.39 is 16.0 Å². The van der Waals surface area contributed by atoms with Crippen LogP contribution in [0.4, 0.5) is 0 Å². The van der Waals surface area contributed by atoms with E-state index in [0.29, 0.717) is 0 Å². The van der Waals surface area contributed by atoms with Crippen LogP contribution in [-0.4, -0.2) is 33.6 Å². The molecule has 1 aliphatic rings. The summed E-state index contributed by atoms with van der Waals surface area (Å²) in [5, 5.41) is 0. The molecule has 0 saturated heterocycles. The standard InChI is InChI=1S/C17H25NO5S/c1-12(2)18-24(20,21)16-11-13(9-10-15(16)22-3)17(19)23-14-7-5-4-6-8-14/h9-12,14,18H,4-8H2,1-3H3. The molecule has 0 atom stereocenters. The summed E-state index contributed by atoms with van der Waals surface area (Å²) in [6.45, 7) is 3.45. The first-order valence-electron chi connectivity index (χ1n) is 8.25. The highest BCUT2D eigenvalue weighted by molar-refractivity contribution is 7.89. The maximum Gasteiger partial charge on any atom is 0.338 e. The van der Waals surface area contributed by atoms with E-state index in [1.807, 2.05) is 0 Å². The van der Waals surface area contributed by atoms with Gasteiger partial charge in [0.25, 0.3) is 0 Å². The molecule has 1 saturated carbocycles. The van der Waals surface area contributed by atoms with Crippen molar-refractivity contribution < 1.29 is 22.7 Å². The number of rotatable bonds is 6. The molecule has 0 aromatic heterocycles. The summed E-state index contributed by atoms with van der Waals surface area (Å²) in [4.78, 5) is 12.3. The minimum Gasteiger partial charge on any atom is -0.495 e. The monoisotopic (exact) mass is 355 g/mol. The number of benzene rings is 1. The first kappa shape index (κ1) is 18.7. The number of ether oxygens (including phenoxy) is 2. The minimum atomic E-state index is -3.77. The Bertz CT molecular complexity index is 678. The molecule has 1 aromatic rings. The van der Waals surface area contributed by atoms with E-state index in [-0.39, 0.29) is 28.4 Å². The fourth-order valence-electron chi connectivity index (χ4n) is 2.79. The largest absolute Gasteiger partial charge is 0.495 e. The van der Waals surface area contributed by atoms with Crippen LogP contribution in [0, 0.1) is 0 Å². The quantitative estimate of drug-likeness (QED) is 0.794. The van der Waals surface area contributed by atoms with Crippen molar-refractivity contribution in [2.75, 3.05) is 7.11 Å². The lowest BCUT2D eigenvalue weighted by atomic mass is 9.98. The van der Waals surface area contributed by atoms with E-state index in [1.165, 1.54) is 31.7 Å². The SMILES string of the molecule is COc1ccc(C(=O)OC2CCCCC2)cc1S(=O)(=O)NC(C)C. The summed E-state index contributed by atoms with van der Waals surface area (Å²) >= 11 is 0. The molecule has 0 unspecified atom stereocenters. The van der Waals surface area contributed by atoms with Crippen LogP contribution in [0.15, 0.2) is 23.1 Å². The van der Waals surface area contributed by atoms with Gasteiger partial charge in [0.15, 0.2) is 0 Å². The van der Waals surface area contributed by atoms with Crippen LogP contribution < -0.4 is 9.46 Å². The Balaban J connectivity index is 2.25. The van der Waals surface area contributed by atoms with Gasteiger partial charge >= 0.3 is 5.97 Å². The van der Waals surface area contributed by atoms with Gasteiger partial charge in [0.05, 0.1) is 12.7 Å². The van der Waals surface area contributed by atoms with Crippen LogP contribution in [-0.2, 0) is 14.8 Å². The van der Waals surface area contributed by atoms with Crippen LogP contribution in [0.25, 0.3) is 0 Å². The third-order valence-electron chi connectivity index (χ3n) is 3.91. The lowest BCUT2D eigenvalue weighted by Crippen LogP contribution is -2.30. The summed E-state index contributed by atoms with van der Waals surface area (Å²) in [5.41, 5.74) is 0.213. The van der Waals surface area contributed by atoms with Gasteiger partial charge in [-0.3, -0.25) is 0 Å². The summed E-state index contributed by atoms with van der Waals surface area (Å²) in [6.07, 6.45) is 4.92. The Morgan fingerprint density at radius 3 is 2.46 bits per heavy atom. The number of hydrogen-bond acceptors (Lipinski definition) is 5. The van der Waals surface area contributed by atoms with Gasteiger partial charge in [-0.2, -0.15) is 0 Å². The van der Waals surface area contributed by atoms with E-state index in [9.17, 15) is 13.2 Å². The molecule has 1 aromatic carbocycles. The number of carbonyl (C=O) groups excluding carboxylic acids is 1. The summed E-state index contributed by atoms with van der Waals surface area (Å²) < 4.78 is 38.0. The van der Waals surface area contributed by atoms with Crippen molar-refractivity contribution in [2.24, 2.45) is 0 Å². The molecule has 24 heavy (non-hydrogen) atoms. The van der Waals surface area contributed by atoms with E-state index >= 15 is 0 Å². The van der Waals surface area contributed by atoms with E-state index in [2.05, 4.69) is 4.72 Å². The highest BCUT2D eigenvalue weighted by atomic mass is 32.2. The van der Waals surface area contributed by atoms with Crippen molar-refractivity contribution in [1.82, 2.24) is 4.72 Å². The van der Waals surface area contributed by atoms with Crippen molar-refractivity contribution in [1.29, 1.82) is 0 Å². The summed E-state index contributed by atoms with van der Waals surface area (Å²) in [7, 11) is -2.38. The second-order valence-electron chi connectivity index (χ2n) is 6.31. The fourth-order valence-corrected chi connectivity index (χ4v) is 4.24.